The van der Waals surface area contributed by atoms with Gasteiger partial charge in [0.1, 0.15) is 5.69 Å². The Bertz CT molecular complexity index is 397. The van der Waals surface area contributed by atoms with Crippen LogP contribution in [0.25, 0.3) is 5.57 Å². The van der Waals surface area contributed by atoms with Crippen LogP contribution in [-0.2, 0) is 11.3 Å². The predicted molar refractivity (Wildman–Crippen MR) is 56.7 cm³/mol. The first-order valence-corrected chi connectivity index (χ1v) is 5.09. The highest BCUT2D eigenvalue weighted by molar-refractivity contribution is 6.01. The van der Waals surface area contributed by atoms with Crippen LogP contribution in [0.5, 0.6) is 5.75 Å². The number of aryl methyl sites for hydroxylation is 1. The van der Waals surface area contributed by atoms with Gasteiger partial charge in [-0.05, 0) is 25.0 Å². The number of carbonyl (C=O) groups excluding carboxylic acids is 1. The molecule has 0 amide bonds. The van der Waals surface area contributed by atoms with Crippen molar-refractivity contribution < 1.29 is 9.53 Å². The zero-order valence-electron chi connectivity index (χ0n) is 8.99. The highest BCUT2D eigenvalue weighted by Gasteiger charge is 2.20. The average molecular weight is 206 g/mol. The van der Waals surface area contributed by atoms with Crippen LogP contribution in [0.2, 0.25) is 0 Å². The highest BCUT2D eigenvalue weighted by Crippen LogP contribution is 2.32. The van der Waals surface area contributed by atoms with E-state index in [1.54, 1.807) is 19.4 Å². The van der Waals surface area contributed by atoms with E-state index in [4.69, 9.17) is 4.74 Å². The van der Waals surface area contributed by atoms with Crippen molar-refractivity contribution in [3.63, 3.8) is 0 Å². The number of aromatic nitrogens is 2. The fraction of sp³-hybridized carbons (Fsp3) is 0.455. The van der Waals surface area contributed by atoms with Crippen LogP contribution in [0.1, 0.15) is 25.5 Å². The van der Waals surface area contributed by atoms with E-state index in [0.29, 0.717) is 6.42 Å². The van der Waals surface area contributed by atoms with E-state index < -0.39 is 0 Å². The maximum atomic E-state index is 11.2. The summed E-state index contributed by atoms with van der Waals surface area (Å²) in [6, 6.07) is 0. The van der Waals surface area contributed by atoms with E-state index in [9.17, 15) is 4.79 Å². The third-order valence-electron chi connectivity index (χ3n) is 2.61. The summed E-state index contributed by atoms with van der Waals surface area (Å²) in [4.78, 5) is 11.2. The van der Waals surface area contributed by atoms with Crippen molar-refractivity contribution in [2.75, 3.05) is 7.11 Å². The van der Waals surface area contributed by atoms with Crippen molar-refractivity contribution in [2.24, 2.45) is 0 Å². The van der Waals surface area contributed by atoms with Crippen molar-refractivity contribution in [2.45, 2.75) is 26.3 Å². The monoisotopic (exact) mass is 206 g/mol. The summed E-state index contributed by atoms with van der Waals surface area (Å²) in [5, 5.41) is 4.21. The van der Waals surface area contributed by atoms with E-state index in [2.05, 4.69) is 5.10 Å². The molecule has 4 heteroatoms. The molecule has 2 rings (SSSR count). The molecule has 1 heterocycles. The van der Waals surface area contributed by atoms with Gasteiger partial charge in [0.25, 0.3) is 0 Å². The second-order valence-electron chi connectivity index (χ2n) is 3.51. The highest BCUT2D eigenvalue weighted by atomic mass is 16.5. The SMILES string of the molecule is CCn1ncc(OC)c1C1=CC(=O)CC1. The average Bonchev–Trinajstić information content (AvgIpc) is 2.82. The van der Waals surface area contributed by atoms with Gasteiger partial charge in [-0.2, -0.15) is 5.10 Å². The lowest BCUT2D eigenvalue weighted by Gasteiger charge is -2.07. The van der Waals surface area contributed by atoms with Crippen LogP contribution in [0.4, 0.5) is 0 Å². The van der Waals surface area contributed by atoms with Gasteiger partial charge >= 0.3 is 0 Å². The van der Waals surface area contributed by atoms with Crippen LogP contribution < -0.4 is 4.74 Å². The lowest BCUT2D eigenvalue weighted by Crippen LogP contribution is -2.02. The van der Waals surface area contributed by atoms with Crippen LogP contribution >= 0.6 is 0 Å². The summed E-state index contributed by atoms with van der Waals surface area (Å²) in [5.41, 5.74) is 1.99. The standard InChI is InChI=1S/C11H14N2O2/c1-3-13-11(10(15-2)7-12-13)8-4-5-9(14)6-8/h6-7H,3-5H2,1-2H3. The molecule has 80 valence electrons. The zero-order chi connectivity index (χ0) is 10.8. The quantitative estimate of drug-likeness (QED) is 0.755. The van der Waals surface area contributed by atoms with Crippen molar-refractivity contribution in [3.8, 4) is 5.75 Å². The molecular formula is C11H14N2O2. The third kappa shape index (κ3) is 1.67. The predicted octanol–water partition coefficient (Wildman–Crippen LogP) is 1.66. The van der Waals surface area contributed by atoms with Crippen molar-refractivity contribution in [1.82, 2.24) is 9.78 Å². The van der Waals surface area contributed by atoms with Gasteiger partial charge in [0.2, 0.25) is 0 Å². The number of methoxy groups -OCH3 is 1. The first kappa shape index (κ1) is 9.96. The van der Waals surface area contributed by atoms with E-state index in [1.165, 1.54) is 0 Å². The van der Waals surface area contributed by atoms with E-state index in [1.807, 2.05) is 11.6 Å². The summed E-state index contributed by atoms with van der Waals surface area (Å²) in [6.07, 6.45) is 4.79. The molecule has 15 heavy (non-hydrogen) atoms. The molecule has 0 saturated carbocycles. The number of hydrogen-bond acceptors (Lipinski definition) is 3. The first-order chi connectivity index (χ1) is 7.26. The fourth-order valence-electron chi connectivity index (χ4n) is 1.86. The summed E-state index contributed by atoms with van der Waals surface area (Å²) >= 11 is 0. The number of carbonyl (C=O) groups is 1. The molecule has 1 aromatic rings. The lowest BCUT2D eigenvalue weighted by atomic mass is 10.1. The summed E-state index contributed by atoms with van der Waals surface area (Å²) in [6.45, 7) is 2.80. The molecule has 0 spiro atoms. The maximum Gasteiger partial charge on any atom is 0.164 e. The van der Waals surface area contributed by atoms with Gasteiger partial charge in [0, 0.05) is 13.0 Å². The van der Waals surface area contributed by atoms with Gasteiger partial charge in [-0.1, -0.05) is 0 Å². The number of ether oxygens (including phenoxy) is 1. The molecule has 0 N–H and O–H groups in total. The second-order valence-corrected chi connectivity index (χ2v) is 3.51. The molecule has 0 bridgehead atoms. The number of allylic oxidation sites excluding steroid dienone is 2. The Kier molecular flexibility index (Phi) is 2.58. The smallest absolute Gasteiger partial charge is 0.164 e. The van der Waals surface area contributed by atoms with E-state index >= 15 is 0 Å². The molecule has 1 aliphatic carbocycles. The Hall–Kier alpha value is -1.58. The Labute approximate surface area is 88.5 Å². The Balaban J connectivity index is 2.45. The van der Waals surface area contributed by atoms with Crippen LogP contribution in [0, 0.1) is 0 Å². The maximum absolute atomic E-state index is 11.2. The zero-order valence-corrected chi connectivity index (χ0v) is 8.99. The molecule has 0 fully saturated rings. The van der Waals surface area contributed by atoms with Gasteiger partial charge in [0.05, 0.1) is 13.3 Å². The van der Waals surface area contributed by atoms with Gasteiger partial charge in [0.15, 0.2) is 11.5 Å². The Morgan fingerprint density at radius 1 is 1.53 bits per heavy atom. The van der Waals surface area contributed by atoms with Crippen molar-refractivity contribution >= 4 is 11.4 Å². The molecule has 0 atom stereocenters. The normalized spacial score (nSPS) is 15.6. The second kappa shape index (κ2) is 3.88. The topological polar surface area (TPSA) is 44.1 Å². The fourth-order valence-corrected chi connectivity index (χ4v) is 1.86. The van der Waals surface area contributed by atoms with E-state index in [0.717, 1.165) is 30.0 Å². The van der Waals surface area contributed by atoms with Crippen LogP contribution in [0.3, 0.4) is 0 Å². The molecule has 1 aromatic heterocycles. The molecule has 0 radical (unpaired) electrons. The van der Waals surface area contributed by atoms with Crippen LogP contribution in [-0.4, -0.2) is 22.7 Å². The lowest BCUT2D eigenvalue weighted by molar-refractivity contribution is -0.114. The summed E-state index contributed by atoms with van der Waals surface area (Å²) in [7, 11) is 1.62. The number of rotatable bonds is 3. The minimum Gasteiger partial charge on any atom is -0.493 e. The van der Waals surface area contributed by atoms with Gasteiger partial charge in [-0.15, -0.1) is 0 Å². The molecule has 1 aliphatic rings. The van der Waals surface area contributed by atoms with Gasteiger partial charge < -0.3 is 4.74 Å². The Morgan fingerprint density at radius 3 is 2.87 bits per heavy atom. The van der Waals surface area contributed by atoms with Gasteiger partial charge in [-0.25, -0.2) is 0 Å². The number of nitrogens with zero attached hydrogens (tertiary/aromatic N) is 2. The minimum absolute atomic E-state index is 0.191. The van der Waals surface area contributed by atoms with E-state index in [-0.39, 0.29) is 5.78 Å². The summed E-state index contributed by atoms with van der Waals surface area (Å²) < 4.78 is 7.10. The minimum atomic E-state index is 0.191. The van der Waals surface area contributed by atoms with Crippen molar-refractivity contribution in [1.29, 1.82) is 0 Å². The molecule has 4 nitrogen and oxygen atoms in total. The van der Waals surface area contributed by atoms with Gasteiger partial charge in [-0.3, -0.25) is 9.48 Å². The number of ketones is 1. The largest absolute Gasteiger partial charge is 0.493 e. The molecule has 0 saturated heterocycles. The van der Waals surface area contributed by atoms with Crippen LogP contribution in [0.15, 0.2) is 12.3 Å². The van der Waals surface area contributed by atoms with Crippen molar-refractivity contribution in [3.05, 3.63) is 18.0 Å². The molecular weight excluding hydrogens is 192 g/mol. The molecule has 0 aliphatic heterocycles. The summed E-state index contributed by atoms with van der Waals surface area (Å²) in [5.74, 6) is 0.939. The first-order valence-electron chi connectivity index (χ1n) is 5.09. The number of hydrogen-bond donors (Lipinski definition) is 0. The molecule has 0 aromatic carbocycles. The Morgan fingerprint density at radius 2 is 2.33 bits per heavy atom. The third-order valence-corrected chi connectivity index (χ3v) is 2.61. The molecule has 0 unspecified atom stereocenters.